The number of nitrogens with zero attached hydrogens (tertiary/aromatic N) is 5. The fraction of sp³-hybridized carbons (Fsp3) is 0.273. The van der Waals surface area contributed by atoms with E-state index in [1.165, 1.54) is 6.19 Å². The highest BCUT2D eigenvalue weighted by Gasteiger charge is 2.38. The van der Waals surface area contributed by atoms with Crippen molar-refractivity contribution in [2.24, 2.45) is 4.36 Å². The first kappa shape index (κ1) is 19.1. The maximum atomic E-state index is 12.9. The summed E-state index contributed by atoms with van der Waals surface area (Å²) in [6, 6.07) is 0. The highest BCUT2D eigenvalue weighted by Crippen LogP contribution is 2.32. The molecule has 6 nitrogen and oxygen atoms in total. The first-order chi connectivity index (χ1) is 11.7. The van der Waals surface area contributed by atoms with Crippen LogP contribution in [0.25, 0.3) is 10.7 Å². The zero-order valence-electron chi connectivity index (χ0n) is 11.7. The van der Waals surface area contributed by atoms with Gasteiger partial charge in [-0.15, -0.1) is 15.7 Å². The maximum absolute atomic E-state index is 12.9. The zero-order chi connectivity index (χ0) is 18.6. The van der Waals surface area contributed by atoms with Crippen molar-refractivity contribution in [2.45, 2.75) is 16.9 Å². The molecule has 0 aliphatic heterocycles. The van der Waals surface area contributed by atoms with E-state index in [9.17, 15) is 26.3 Å². The Morgan fingerprint density at radius 2 is 2.08 bits per heavy atom. The predicted molar refractivity (Wildman–Crippen MR) is 73.9 cm³/mol. The van der Waals surface area contributed by atoms with Gasteiger partial charge in [0.1, 0.15) is 0 Å². The molecular weight excluding hydrogens is 396 g/mol. The van der Waals surface area contributed by atoms with Gasteiger partial charge in [0.25, 0.3) is 0 Å². The van der Waals surface area contributed by atoms with Gasteiger partial charge in [0.15, 0.2) is 10.2 Å². The molecule has 1 unspecified atom stereocenters. The third-order valence-electron chi connectivity index (χ3n) is 2.45. The summed E-state index contributed by atoms with van der Waals surface area (Å²) in [4.78, 5) is 7.13. The molecule has 1 atom stereocenters. The van der Waals surface area contributed by atoms with Crippen molar-refractivity contribution in [3.63, 3.8) is 0 Å². The van der Waals surface area contributed by atoms with Crippen LogP contribution in [0.1, 0.15) is 12.3 Å². The minimum Gasteiger partial charge on any atom is -0.329 e. The van der Waals surface area contributed by atoms with Crippen molar-refractivity contribution in [3.05, 3.63) is 24.0 Å². The molecule has 2 heterocycles. The van der Waals surface area contributed by atoms with E-state index in [-0.39, 0.29) is 20.8 Å². The fourth-order valence-electron chi connectivity index (χ4n) is 1.41. The molecule has 2 aromatic heterocycles. The Morgan fingerprint density at radius 3 is 2.64 bits per heavy atom. The van der Waals surface area contributed by atoms with E-state index < -0.39 is 41.1 Å². The zero-order valence-corrected chi connectivity index (χ0v) is 13.4. The molecule has 0 fully saturated rings. The average molecular weight is 401 g/mol. The number of halogens is 6. The van der Waals surface area contributed by atoms with Crippen LogP contribution in [0.15, 0.2) is 31.3 Å². The van der Waals surface area contributed by atoms with E-state index >= 15 is 0 Å². The second kappa shape index (κ2) is 7.74. The largest absolute Gasteiger partial charge is 0.471 e. The van der Waals surface area contributed by atoms with Crippen molar-refractivity contribution in [3.8, 4) is 16.9 Å². The third kappa shape index (κ3) is 4.86. The summed E-state index contributed by atoms with van der Waals surface area (Å²) in [5, 5.41) is 11.8. The first-order valence-corrected chi connectivity index (χ1v) is 8.26. The average Bonchev–Trinajstić information content (AvgIpc) is 3.18. The number of alkyl halides is 3. The van der Waals surface area contributed by atoms with Crippen LogP contribution in [0.5, 0.6) is 0 Å². The number of thiazole rings is 1. The number of hydrogen-bond donors (Lipinski definition) is 0. The lowest BCUT2D eigenvalue weighted by atomic mass is 10.4. The number of nitriles is 1. The second-order valence-corrected chi connectivity index (χ2v) is 7.08. The van der Waals surface area contributed by atoms with E-state index in [0.29, 0.717) is 0 Å². The summed E-state index contributed by atoms with van der Waals surface area (Å²) in [5.41, 5.74) is 0. The Morgan fingerprint density at radius 1 is 1.36 bits per heavy atom. The van der Waals surface area contributed by atoms with Crippen LogP contribution >= 0.6 is 11.3 Å². The van der Waals surface area contributed by atoms with Gasteiger partial charge in [-0.2, -0.15) is 32.2 Å². The Hall–Kier alpha value is -2.27. The van der Waals surface area contributed by atoms with Crippen LogP contribution in [-0.4, -0.2) is 20.9 Å². The van der Waals surface area contributed by atoms with Crippen molar-refractivity contribution >= 4 is 22.0 Å². The number of allylic oxidation sites excluding steroid dienone is 1. The summed E-state index contributed by atoms with van der Waals surface area (Å²) in [6.45, 7) is 0. The normalized spacial score (nSPS) is 12.8. The molecule has 25 heavy (non-hydrogen) atoms. The van der Waals surface area contributed by atoms with Gasteiger partial charge < -0.3 is 4.52 Å². The van der Waals surface area contributed by atoms with Gasteiger partial charge in [-0.05, 0) is 10.7 Å². The predicted octanol–water partition coefficient (Wildman–Crippen LogP) is 4.32. The Labute approximate surface area is 141 Å². The van der Waals surface area contributed by atoms with E-state index in [0.717, 1.165) is 17.5 Å². The van der Waals surface area contributed by atoms with E-state index in [4.69, 9.17) is 5.26 Å². The van der Waals surface area contributed by atoms with Gasteiger partial charge in [-0.3, -0.25) is 0 Å². The molecule has 0 aliphatic rings. The Balaban J connectivity index is 2.23. The van der Waals surface area contributed by atoms with Gasteiger partial charge >= 0.3 is 18.1 Å². The van der Waals surface area contributed by atoms with Crippen molar-refractivity contribution < 1.29 is 30.9 Å². The molecule has 14 heteroatoms. The van der Waals surface area contributed by atoms with Crippen molar-refractivity contribution in [2.75, 3.05) is 5.75 Å². The smallest absolute Gasteiger partial charge is 0.329 e. The van der Waals surface area contributed by atoms with Crippen LogP contribution in [-0.2, 0) is 16.9 Å². The summed E-state index contributed by atoms with van der Waals surface area (Å²) in [5.74, 6) is -3.79. The Kier molecular flexibility index (Phi) is 5.90. The molecule has 0 radical (unpaired) electrons. The maximum Gasteiger partial charge on any atom is 0.471 e. The fourth-order valence-corrected chi connectivity index (χ4v) is 3.99. The Bertz CT molecular complexity index is 861. The highest BCUT2D eigenvalue weighted by atomic mass is 32.2. The molecule has 0 saturated heterocycles. The standard InChI is InChI=1S/C11H5F6N5OS2/c12-5(7(13)14)1-2-25(20-4-18)10-19-3-6(24-10)8-21-9(23-22-8)11(15,16)17/h3H,1-2H2. The van der Waals surface area contributed by atoms with Gasteiger partial charge in [0, 0.05) is 12.2 Å². The molecule has 0 spiro atoms. The quantitative estimate of drug-likeness (QED) is 0.550. The molecule has 0 aliphatic carbocycles. The number of aromatic nitrogens is 3. The lowest BCUT2D eigenvalue weighted by Gasteiger charge is -2.00. The van der Waals surface area contributed by atoms with E-state index in [1.54, 1.807) is 0 Å². The highest BCUT2D eigenvalue weighted by molar-refractivity contribution is 7.89. The summed E-state index contributed by atoms with van der Waals surface area (Å²) >= 11 is 0.796. The first-order valence-electron chi connectivity index (χ1n) is 6.10. The summed E-state index contributed by atoms with van der Waals surface area (Å²) < 4.78 is 82.0. The van der Waals surface area contributed by atoms with Crippen LogP contribution in [0.2, 0.25) is 0 Å². The van der Waals surface area contributed by atoms with Crippen LogP contribution in [0, 0.1) is 11.5 Å². The van der Waals surface area contributed by atoms with Crippen LogP contribution in [0.4, 0.5) is 26.3 Å². The number of rotatable bonds is 5. The molecular formula is C11H5F6N5OS2. The monoisotopic (exact) mass is 401 g/mol. The van der Waals surface area contributed by atoms with Gasteiger partial charge in [0.05, 0.1) is 11.1 Å². The van der Waals surface area contributed by atoms with Crippen LogP contribution < -0.4 is 0 Å². The SMILES string of the molecule is N#C/N=S(\CCC(F)=C(F)F)c1ncc(-c2noc(C(F)(F)F)n2)s1. The summed E-state index contributed by atoms with van der Waals surface area (Å²) in [6.07, 6.45) is -5.34. The van der Waals surface area contributed by atoms with Gasteiger partial charge in [-0.1, -0.05) is 5.16 Å². The molecule has 0 saturated carbocycles. The molecule has 2 rings (SSSR count). The van der Waals surface area contributed by atoms with Gasteiger partial charge in [0.2, 0.25) is 12.0 Å². The molecule has 0 bridgehead atoms. The van der Waals surface area contributed by atoms with Crippen molar-refractivity contribution in [1.29, 1.82) is 5.26 Å². The lowest BCUT2D eigenvalue weighted by molar-refractivity contribution is -0.159. The molecule has 134 valence electrons. The van der Waals surface area contributed by atoms with Crippen LogP contribution in [0.3, 0.4) is 0 Å². The topological polar surface area (TPSA) is 88.0 Å². The van der Waals surface area contributed by atoms with E-state index in [2.05, 4.69) is 24.0 Å². The molecule has 0 amide bonds. The van der Waals surface area contributed by atoms with Gasteiger partial charge in [-0.25, -0.2) is 9.37 Å². The third-order valence-corrected chi connectivity index (χ3v) is 5.46. The molecule has 2 aromatic rings. The minimum absolute atomic E-state index is 0.0903. The minimum atomic E-state index is -4.81. The second-order valence-electron chi connectivity index (χ2n) is 4.09. The molecule has 0 aromatic carbocycles. The van der Waals surface area contributed by atoms with Crippen molar-refractivity contribution in [1.82, 2.24) is 15.1 Å². The van der Waals surface area contributed by atoms with E-state index in [1.807, 2.05) is 0 Å². The molecule has 0 N–H and O–H groups in total. The summed E-state index contributed by atoms with van der Waals surface area (Å²) in [7, 11) is -1.33. The number of hydrogen-bond acceptors (Lipinski definition) is 7. The lowest BCUT2D eigenvalue weighted by Crippen LogP contribution is -2.04.